The van der Waals surface area contributed by atoms with Gasteiger partial charge in [0.25, 0.3) is 17.9 Å². The molecule has 18 nitrogen and oxygen atoms in total. The third-order valence-electron chi connectivity index (χ3n) is 6.91. The zero-order valence-corrected chi connectivity index (χ0v) is 26.8. The number of hydrogen-bond donors (Lipinski definition) is 5. The number of nitrogens with two attached hydrogens (primary N) is 2. The minimum atomic E-state index is -5.04. The average molecular weight is 700 g/mol. The minimum absolute atomic E-state index is 0.00958. The number of halogens is 1. The summed E-state index contributed by atoms with van der Waals surface area (Å²) in [6, 6.07) is 2.64. The van der Waals surface area contributed by atoms with E-state index in [2.05, 4.69) is 19.7 Å². The van der Waals surface area contributed by atoms with Crippen LogP contribution in [0.2, 0.25) is 0 Å². The Kier molecular flexibility index (Phi) is 10.4. The Morgan fingerprint density at radius 3 is 2.64 bits per heavy atom. The van der Waals surface area contributed by atoms with Crippen LogP contribution < -0.4 is 26.2 Å². The third-order valence-corrected chi connectivity index (χ3v) is 7.92. The van der Waals surface area contributed by atoms with Crippen molar-refractivity contribution in [1.82, 2.24) is 20.0 Å². The molecule has 0 bridgehead atoms. The Bertz CT molecular complexity index is 1810. The van der Waals surface area contributed by atoms with Gasteiger partial charge >= 0.3 is 16.4 Å². The van der Waals surface area contributed by atoms with Crippen molar-refractivity contribution in [3.05, 3.63) is 47.5 Å². The van der Waals surface area contributed by atoms with Gasteiger partial charge in [0, 0.05) is 17.0 Å². The van der Waals surface area contributed by atoms with Crippen LogP contribution in [0.4, 0.5) is 9.52 Å². The lowest BCUT2D eigenvalue weighted by Gasteiger charge is -2.50. The number of thiazole rings is 1. The second kappa shape index (κ2) is 14.0. The van der Waals surface area contributed by atoms with Gasteiger partial charge in [-0.05, 0) is 38.9 Å². The summed E-state index contributed by atoms with van der Waals surface area (Å²) in [5, 5.41) is 17.4. The van der Waals surface area contributed by atoms with Gasteiger partial charge in [-0.3, -0.25) is 14.1 Å². The molecule has 2 atom stereocenters. The number of anilines is 1. The standard InChI is InChI=1S/C26H31FN8O10S2/c1-26(2)21(23(37)35(26)45-47(40,41)42)31-22(36)20(18-13-46-25(29)30-18)32-44-19(24(38)39)12-43-15-5-6-16(17(27)9-15)14-10-33(3)34(11-14)8-4-7-28/h5-6,9-11,13,19,21H,4,7-8,12,28H2,1-3H3,(H4-,29,30,31,36,38,39,40,41,42)/p+1/b32-20-/t19-,21?/m0/s1. The molecule has 1 aliphatic heterocycles. The summed E-state index contributed by atoms with van der Waals surface area (Å²) in [7, 11) is -3.23. The minimum Gasteiger partial charge on any atom is -0.489 e. The lowest BCUT2D eigenvalue weighted by Crippen LogP contribution is -2.76. The number of β-lactam (4-membered cyclic amide) rings is 1. The molecule has 2 amide bonds. The van der Waals surface area contributed by atoms with E-state index in [0.29, 0.717) is 23.7 Å². The van der Waals surface area contributed by atoms with Crippen molar-refractivity contribution in [2.45, 2.75) is 44.5 Å². The lowest BCUT2D eigenvalue weighted by atomic mass is 9.84. The first-order valence-corrected chi connectivity index (χ1v) is 15.9. The molecule has 3 aromatic rings. The number of aliphatic carboxylic acids is 1. The molecule has 0 aliphatic carbocycles. The van der Waals surface area contributed by atoms with Gasteiger partial charge in [-0.25, -0.2) is 14.2 Å². The second-order valence-electron chi connectivity index (χ2n) is 10.7. The van der Waals surface area contributed by atoms with E-state index in [0.717, 1.165) is 23.8 Å². The summed E-state index contributed by atoms with van der Waals surface area (Å²) in [6.45, 7) is 3.17. The molecular weight excluding hydrogens is 667 g/mol. The maximum Gasteiger partial charge on any atom is 0.418 e. The zero-order valence-electron chi connectivity index (χ0n) is 25.2. The first-order valence-electron chi connectivity index (χ1n) is 13.7. The number of carboxylic acids is 1. The summed E-state index contributed by atoms with van der Waals surface area (Å²) < 4.78 is 59.6. The van der Waals surface area contributed by atoms with Crippen molar-refractivity contribution in [3.63, 3.8) is 0 Å². The predicted molar refractivity (Wildman–Crippen MR) is 161 cm³/mol. The molecule has 21 heteroatoms. The third kappa shape index (κ3) is 8.18. The zero-order chi connectivity index (χ0) is 34.7. The summed E-state index contributed by atoms with van der Waals surface area (Å²) in [4.78, 5) is 46.7. The molecule has 1 fully saturated rings. The normalized spacial score (nSPS) is 16.8. The fraction of sp³-hybridized carbons (Fsp3) is 0.385. The topological polar surface area (TPSA) is 255 Å². The van der Waals surface area contributed by atoms with E-state index in [9.17, 15) is 27.9 Å². The molecule has 1 aromatic carbocycles. The Hall–Kier alpha value is -4.70. The molecule has 254 valence electrons. The van der Waals surface area contributed by atoms with Gasteiger partial charge in [-0.1, -0.05) is 5.16 Å². The van der Waals surface area contributed by atoms with Crippen LogP contribution in [0.3, 0.4) is 0 Å². The molecule has 1 aliphatic rings. The second-order valence-corrected chi connectivity index (χ2v) is 12.6. The van der Waals surface area contributed by atoms with Crippen LogP contribution in [0.25, 0.3) is 11.1 Å². The largest absolute Gasteiger partial charge is 0.489 e. The fourth-order valence-electron chi connectivity index (χ4n) is 4.45. The smallest absolute Gasteiger partial charge is 0.418 e. The molecule has 7 N–H and O–H groups in total. The Balaban J connectivity index is 1.47. The van der Waals surface area contributed by atoms with Gasteiger partial charge in [-0.2, -0.15) is 18.2 Å². The molecule has 4 rings (SSSR count). The van der Waals surface area contributed by atoms with Crippen LogP contribution >= 0.6 is 11.3 Å². The number of amides is 2. The predicted octanol–water partition coefficient (Wildman–Crippen LogP) is -0.401. The number of rotatable bonds is 15. The van der Waals surface area contributed by atoms with Crippen LogP contribution in [0, 0.1) is 5.82 Å². The van der Waals surface area contributed by atoms with Crippen molar-refractivity contribution < 1.29 is 55.4 Å². The monoisotopic (exact) mass is 699 g/mol. The number of carbonyl (C=O) groups excluding carboxylic acids is 2. The molecule has 2 aromatic heterocycles. The number of nitrogens with zero attached hydrogens (tertiary/aromatic N) is 5. The van der Waals surface area contributed by atoms with E-state index in [1.807, 2.05) is 11.7 Å². The molecule has 1 saturated heterocycles. The van der Waals surface area contributed by atoms with Crippen molar-refractivity contribution >= 4 is 50.4 Å². The molecule has 1 unspecified atom stereocenters. The van der Waals surface area contributed by atoms with Crippen LogP contribution in [-0.4, -0.2) is 87.1 Å². The van der Waals surface area contributed by atoms with Gasteiger partial charge in [-0.15, -0.1) is 20.3 Å². The number of nitrogen functional groups attached to an aromatic ring is 1. The van der Waals surface area contributed by atoms with E-state index in [-0.39, 0.29) is 22.1 Å². The van der Waals surface area contributed by atoms with Gasteiger partial charge in [0.15, 0.2) is 17.9 Å². The van der Waals surface area contributed by atoms with Crippen molar-refractivity contribution in [2.24, 2.45) is 17.9 Å². The number of oxime groups is 1. The van der Waals surface area contributed by atoms with Crippen LogP contribution in [0.5, 0.6) is 5.75 Å². The van der Waals surface area contributed by atoms with E-state index >= 15 is 4.39 Å². The molecule has 47 heavy (non-hydrogen) atoms. The number of hydrogen-bond acceptors (Lipinski definition) is 13. The number of nitrogens with one attached hydrogen (secondary N) is 1. The van der Waals surface area contributed by atoms with Gasteiger partial charge in [0.05, 0.1) is 23.8 Å². The Morgan fingerprint density at radius 2 is 2.06 bits per heavy atom. The van der Waals surface area contributed by atoms with Gasteiger partial charge in [0.2, 0.25) is 6.20 Å². The van der Waals surface area contributed by atoms with Crippen molar-refractivity contribution in [2.75, 3.05) is 18.9 Å². The number of benzene rings is 1. The van der Waals surface area contributed by atoms with Gasteiger partial charge < -0.3 is 31.5 Å². The van der Waals surface area contributed by atoms with E-state index in [1.165, 1.54) is 31.4 Å². The van der Waals surface area contributed by atoms with Crippen LogP contribution in [-0.2, 0) is 47.5 Å². The number of carboxylic acid groups (broad SMARTS) is 1. The highest BCUT2D eigenvalue weighted by atomic mass is 32.3. The Morgan fingerprint density at radius 1 is 1.34 bits per heavy atom. The first-order chi connectivity index (χ1) is 22.0. The average Bonchev–Trinajstić information content (AvgIpc) is 3.58. The number of aryl methyl sites for hydroxylation is 2. The van der Waals surface area contributed by atoms with E-state index in [4.69, 9.17) is 25.6 Å². The fourth-order valence-corrected chi connectivity index (χ4v) is 5.45. The highest BCUT2D eigenvalue weighted by molar-refractivity contribution is 7.80. The first kappa shape index (κ1) is 35.2. The number of ether oxygens (including phenoxy) is 1. The highest BCUT2D eigenvalue weighted by Gasteiger charge is 2.58. The quantitative estimate of drug-likeness (QED) is 0.0446. The molecular formula is C26H32FN8O10S2+. The van der Waals surface area contributed by atoms with E-state index < -0.39 is 64.0 Å². The summed E-state index contributed by atoms with van der Waals surface area (Å²) in [5.74, 6) is -4.26. The Labute approximate surface area is 271 Å². The number of aromatic nitrogens is 3. The molecule has 0 radical (unpaired) electrons. The maximum absolute atomic E-state index is 15.0. The lowest BCUT2D eigenvalue weighted by molar-refractivity contribution is -0.753. The van der Waals surface area contributed by atoms with E-state index in [1.54, 1.807) is 17.1 Å². The molecule has 3 heterocycles. The highest BCUT2D eigenvalue weighted by Crippen LogP contribution is 2.33. The molecule has 0 spiro atoms. The van der Waals surface area contributed by atoms with Crippen LogP contribution in [0.15, 0.2) is 41.1 Å². The van der Waals surface area contributed by atoms with Crippen LogP contribution in [0.1, 0.15) is 26.0 Å². The van der Waals surface area contributed by atoms with Crippen molar-refractivity contribution in [3.8, 4) is 16.9 Å². The van der Waals surface area contributed by atoms with Crippen molar-refractivity contribution in [1.29, 1.82) is 0 Å². The summed E-state index contributed by atoms with van der Waals surface area (Å²) in [6.07, 6.45) is 2.46. The maximum atomic E-state index is 15.0. The van der Waals surface area contributed by atoms with Gasteiger partial charge in [0.1, 0.15) is 29.9 Å². The SMILES string of the molecule is C[n+]1cc(-c2ccc(OC[C@H](O/N=C(\C(=O)NC3C(=O)N(OS(=O)(=O)O)C3(C)C)c3csc(N)n3)C(=O)O)cc2F)cn1CCCN. The summed E-state index contributed by atoms with van der Waals surface area (Å²) in [5.41, 5.74) is 9.97. The number of hydroxylamine groups is 2. The number of carbonyl (C=O) groups is 3. The summed E-state index contributed by atoms with van der Waals surface area (Å²) >= 11 is 0.927. The molecule has 0 saturated carbocycles.